The summed E-state index contributed by atoms with van der Waals surface area (Å²) < 4.78 is 32.4. The third-order valence-corrected chi connectivity index (χ3v) is 5.97. The zero-order valence-electron chi connectivity index (χ0n) is 13.8. The first-order chi connectivity index (χ1) is 11.7. The van der Waals surface area contributed by atoms with Crippen molar-refractivity contribution in [1.82, 2.24) is 4.98 Å². The minimum Gasteiger partial charge on any atom is -0.462 e. The van der Waals surface area contributed by atoms with Gasteiger partial charge in [0.25, 0.3) is 10.0 Å². The second kappa shape index (κ2) is 7.62. The molecule has 2 aromatic rings. The van der Waals surface area contributed by atoms with Crippen LogP contribution in [0.1, 0.15) is 29.9 Å². The number of nitrogens with zero attached hydrogens (tertiary/aromatic N) is 1. The molecule has 1 aromatic heterocycles. The standard InChI is InChI=1S/C15H17N3O5S2/c1-4-23-13(20)11-6-5-7-12(8-11)18-25(21,22)14-9(2)16-15(24-14)17-10(3)19/h5-8,18H,4H2,1-3H3,(H,16,17,19). The molecule has 0 unspecified atom stereocenters. The highest BCUT2D eigenvalue weighted by Crippen LogP contribution is 2.29. The minimum absolute atomic E-state index is 0.0159. The van der Waals surface area contributed by atoms with Crippen LogP contribution in [0.15, 0.2) is 28.5 Å². The number of sulfonamides is 1. The molecule has 25 heavy (non-hydrogen) atoms. The molecule has 0 spiro atoms. The number of carbonyl (C=O) groups is 2. The van der Waals surface area contributed by atoms with Crippen molar-refractivity contribution in [2.75, 3.05) is 16.6 Å². The van der Waals surface area contributed by atoms with E-state index >= 15 is 0 Å². The lowest BCUT2D eigenvalue weighted by Crippen LogP contribution is -2.13. The van der Waals surface area contributed by atoms with E-state index in [-0.39, 0.29) is 38.8 Å². The Kier molecular flexibility index (Phi) is 5.75. The number of hydrogen-bond acceptors (Lipinski definition) is 7. The van der Waals surface area contributed by atoms with Gasteiger partial charge in [0.2, 0.25) is 5.91 Å². The Bertz CT molecular complexity index is 906. The maximum Gasteiger partial charge on any atom is 0.338 e. The molecule has 1 aromatic carbocycles. The van der Waals surface area contributed by atoms with Crippen LogP contribution in [0, 0.1) is 6.92 Å². The van der Waals surface area contributed by atoms with Crippen molar-refractivity contribution in [1.29, 1.82) is 0 Å². The van der Waals surface area contributed by atoms with Gasteiger partial charge in [0, 0.05) is 12.6 Å². The van der Waals surface area contributed by atoms with Crippen LogP contribution < -0.4 is 10.0 Å². The zero-order chi connectivity index (χ0) is 18.6. The summed E-state index contributed by atoms with van der Waals surface area (Å²) in [5, 5.41) is 2.65. The molecule has 0 bridgehead atoms. The van der Waals surface area contributed by atoms with E-state index in [1.165, 1.54) is 32.0 Å². The Morgan fingerprint density at radius 3 is 2.68 bits per heavy atom. The van der Waals surface area contributed by atoms with Crippen LogP contribution in [0.2, 0.25) is 0 Å². The first kappa shape index (κ1) is 18.9. The minimum atomic E-state index is -3.91. The molecule has 2 N–H and O–H groups in total. The Morgan fingerprint density at radius 1 is 1.32 bits per heavy atom. The zero-order valence-corrected chi connectivity index (χ0v) is 15.5. The highest BCUT2D eigenvalue weighted by molar-refractivity contribution is 7.94. The topological polar surface area (TPSA) is 114 Å². The quantitative estimate of drug-likeness (QED) is 0.740. The fourth-order valence-corrected chi connectivity index (χ4v) is 4.47. The summed E-state index contributed by atoms with van der Waals surface area (Å²) in [6.45, 7) is 4.75. The van der Waals surface area contributed by atoms with Crippen molar-refractivity contribution in [3.8, 4) is 0 Å². The van der Waals surface area contributed by atoms with Gasteiger partial charge in [0.05, 0.1) is 17.9 Å². The van der Waals surface area contributed by atoms with Crippen LogP contribution in [0.5, 0.6) is 0 Å². The van der Waals surface area contributed by atoms with E-state index in [0.29, 0.717) is 0 Å². The van der Waals surface area contributed by atoms with Gasteiger partial charge in [-0.25, -0.2) is 18.2 Å². The van der Waals surface area contributed by atoms with Crippen molar-refractivity contribution >= 4 is 44.1 Å². The lowest BCUT2D eigenvalue weighted by molar-refractivity contribution is -0.114. The third-order valence-electron chi connectivity index (χ3n) is 2.91. The molecule has 134 valence electrons. The van der Waals surface area contributed by atoms with Crippen LogP contribution in [-0.4, -0.2) is 31.9 Å². The molecule has 0 aliphatic carbocycles. The van der Waals surface area contributed by atoms with Gasteiger partial charge < -0.3 is 10.1 Å². The lowest BCUT2D eigenvalue weighted by atomic mass is 10.2. The van der Waals surface area contributed by atoms with E-state index in [9.17, 15) is 18.0 Å². The van der Waals surface area contributed by atoms with E-state index in [0.717, 1.165) is 11.3 Å². The monoisotopic (exact) mass is 383 g/mol. The molecule has 10 heteroatoms. The van der Waals surface area contributed by atoms with Gasteiger partial charge in [-0.1, -0.05) is 17.4 Å². The number of carbonyl (C=O) groups excluding carboxylic acids is 2. The fourth-order valence-electron chi connectivity index (χ4n) is 1.96. The predicted molar refractivity (Wildman–Crippen MR) is 94.4 cm³/mol. The molecule has 2 rings (SSSR count). The van der Waals surface area contributed by atoms with Crippen molar-refractivity contribution in [2.24, 2.45) is 0 Å². The third kappa shape index (κ3) is 4.77. The Labute approximate surface area is 149 Å². The van der Waals surface area contributed by atoms with Crippen LogP contribution >= 0.6 is 11.3 Å². The largest absolute Gasteiger partial charge is 0.462 e. The molecule has 0 radical (unpaired) electrons. The fraction of sp³-hybridized carbons (Fsp3) is 0.267. The summed E-state index contributed by atoms with van der Waals surface area (Å²) in [5.41, 5.74) is 0.726. The molecule has 0 aliphatic rings. The number of rotatable bonds is 6. The number of benzene rings is 1. The van der Waals surface area contributed by atoms with Gasteiger partial charge in [0.1, 0.15) is 0 Å². The van der Waals surface area contributed by atoms with Crippen LogP contribution in [0.4, 0.5) is 10.8 Å². The van der Waals surface area contributed by atoms with Gasteiger partial charge in [-0.05, 0) is 32.0 Å². The number of ether oxygens (including phenoxy) is 1. The van der Waals surface area contributed by atoms with Gasteiger partial charge >= 0.3 is 5.97 Å². The maximum absolute atomic E-state index is 12.6. The summed E-state index contributed by atoms with van der Waals surface area (Å²) >= 11 is 0.848. The summed E-state index contributed by atoms with van der Waals surface area (Å²) in [6, 6.07) is 5.99. The smallest absolute Gasteiger partial charge is 0.338 e. The molecule has 0 saturated heterocycles. The van der Waals surface area contributed by atoms with Gasteiger partial charge in [0.15, 0.2) is 9.34 Å². The molecule has 0 fully saturated rings. The normalized spacial score (nSPS) is 11.0. The molecular weight excluding hydrogens is 366 g/mol. The van der Waals surface area contributed by atoms with Crippen molar-refractivity contribution in [3.05, 3.63) is 35.5 Å². The van der Waals surface area contributed by atoms with Gasteiger partial charge in [-0.15, -0.1) is 0 Å². The van der Waals surface area contributed by atoms with Crippen molar-refractivity contribution in [3.63, 3.8) is 0 Å². The first-order valence-corrected chi connectivity index (χ1v) is 9.58. The van der Waals surface area contributed by atoms with Crippen LogP contribution in [-0.2, 0) is 19.6 Å². The number of hydrogen-bond donors (Lipinski definition) is 2. The van der Waals surface area contributed by atoms with Crippen LogP contribution in [0.3, 0.4) is 0 Å². The predicted octanol–water partition coefficient (Wildman–Crippen LogP) is 2.39. The SMILES string of the molecule is CCOC(=O)c1cccc(NS(=O)(=O)c2sc(NC(C)=O)nc2C)c1. The number of thiazole rings is 1. The van der Waals surface area contributed by atoms with Gasteiger partial charge in [-0.3, -0.25) is 9.52 Å². The Morgan fingerprint density at radius 2 is 2.04 bits per heavy atom. The summed E-state index contributed by atoms with van der Waals surface area (Å²) in [5.74, 6) is -0.877. The highest BCUT2D eigenvalue weighted by atomic mass is 32.2. The second-order valence-electron chi connectivity index (χ2n) is 4.98. The summed E-state index contributed by atoms with van der Waals surface area (Å²) in [6.07, 6.45) is 0. The summed E-state index contributed by atoms with van der Waals surface area (Å²) in [4.78, 5) is 26.8. The lowest BCUT2D eigenvalue weighted by Gasteiger charge is -2.08. The first-order valence-electron chi connectivity index (χ1n) is 7.28. The summed E-state index contributed by atoms with van der Waals surface area (Å²) in [7, 11) is -3.91. The second-order valence-corrected chi connectivity index (χ2v) is 7.86. The number of aryl methyl sites for hydroxylation is 1. The van der Waals surface area contributed by atoms with E-state index < -0.39 is 16.0 Å². The molecule has 0 saturated carbocycles. The Hall–Kier alpha value is -2.46. The number of anilines is 2. The number of nitrogens with one attached hydrogen (secondary N) is 2. The van der Waals surface area contributed by atoms with E-state index in [1.54, 1.807) is 13.0 Å². The van der Waals surface area contributed by atoms with E-state index in [4.69, 9.17) is 4.74 Å². The van der Waals surface area contributed by atoms with Crippen LogP contribution in [0.25, 0.3) is 0 Å². The molecule has 1 heterocycles. The van der Waals surface area contributed by atoms with E-state index in [2.05, 4.69) is 15.0 Å². The maximum atomic E-state index is 12.6. The van der Waals surface area contributed by atoms with Gasteiger partial charge in [-0.2, -0.15) is 0 Å². The molecular formula is C15H17N3O5S2. The average molecular weight is 383 g/mol. The molecule has 1 amide bonds. The molecule has 0 aliphatic heterocycles. The van der Waals surface area contributed by atoms with E-state index in [1.807, 2.05) is 0 Å². The number of aromatic nitrogens is 1. The Balaban J connectivity index is 2.27. The highest BCUT2D eigenvalue weighted by Gasteiger charge is 2.23. The molecule has 0 atom stereocenters. The van der Waals surface area contributed by atoms with Crippen molar-refractivity contribution in [2.45, 2.75) is 25.0 Å². The number of esters is 1. The average Bonchev–Trinajstić information content (AvgIpc) is 2.88. The number of amides is 1. The van der Waals surface area contributed by atoms with Crippen molar-refractivity contribution < 1.29 is 22.7 Å². The molecule has 8 nitrogen and oxygen atoms in total.